The molecule has 0 aromatic carbocycles. The van der Waals surface area contributed by atoms with Crippen LogP contribution in [0.15, 0.2) is 12.2 Å². The van der Waals surface area contributed by atoms with Gasteiger partial charge < -0.3 is 0 Å². The van der Waals surface area contributed by atoms with E-state index in [4.69, 9.17) is 0 Å². The molecule has 1 nitrogen and oxygen atoms in total. The maximum Gasteiger partial charge on any atom is 0.133 e. The van der Waals surface area contributed by atoms with Gasteiger partial charge in [-0.3, -0.25) is 4.79 Å². The fourth-order valence-corrected chi connectivity index (χ4v) is 1.46. The van der Waals surface area contributed by atoms with Crippen molar-refractivity contribution < 1.29 is 4.79 Å². The molecule has 0 spiro atoms. The molecule has 0 saturated heterocycles. The number of Topliss-reactive ketones (excluding diaryl/α,β-unsaturated/α-hetero) is 1. The summed E-state index contributed by atoms with van der Waals surface area (Å²) in [6, 6.07) is 0. The summed E-state index contributed by atoms with van der Waals surface area (Å²) in [4.78, 5) is 10.9. The van der Waals surface area contributed by atoms with Crippen LogP contribution in [-0.2, 0) is 4.79 Å². The summed E-state index contributed by atoms with van der Waals surface area (Å²) in [5, 5.41) is 0. The highest BCUT2D eigenvalue weighted by Gasteiger charge is 2.20. The highest BCUT2D eigenvalue weighted by molar-refractivity contribution is 5.80. The van der Waals surface area contributed by atoms with E-state index in [2.05, 4.69) is 13.5 Å². The highest BCUT2D eigenvalue weighted by atomic mass is 16.1. The first kappa shape index (κ1) is 7.52. The normalized spacial score (nSPS) is 27.1. The van der Waals surface area contributed by atoms with E-state index in [9.17, 15) is 4.79 Å². The number of hydrogen-bond acceptors (Lipinski definition) is 1. The van der Waals surface area contributed by atoms with E-state index in [1.807, 2.05) is 0 Å². The number of rotatable bonds is 1. The van der Waals surface area contributed by atoms with Crippen LogP contribution in [0.2, 0.25) is 0 Å². The molecular formula is C9H14O. The number of allylic oxidation sites excluding steroid dienone is 1. The lowest BCUT2D eigenvalue weighted by Gasteiger charge is -2.21. The van der Waals surface area contributed by atoms with Gasteiger partial charge in [0.2, 0.25) is 0 Å². The van der Waals surface area contributed by atoms with Crippen molar-refractivity contribution in [2.45, 2.75) is 32.6 Å². The Morgan fingerprint density at radius 3 is 2.80 bits per heavy atom. The van der Waals surface area contributed by atoms with Crippen LogP contribution in [0.1, 0.15) is 32.6 Å². The molecular weight excluding hydrogens is 124 g/mol. The van der Waals surface area contributed by atoms with Gasteiger partial charge >= 0.3 is 0 Å². The van der Waals surface area contributed by atoms with Crippen LogP contribution in [-0.4, -0.2) is 5.78 Å². The summed E-state index contributed by atoms with van der Waals surface area (Å²) in [5.74, 6) is 0.903. The lowest BCUT2D eigenvalue weighted by molar-refractivity contribution is -0.120. The number of hydrogen-bond donors (Lipinski definition) is 0. The van der Waals surface area contributed by atoms with Crippen LogP contribution in [0.5, 0.6) is 0 Å². The number of carbonyl (C=O) groups excluding carboxylic acids is 1. The van der Waals surface area contributed by atoms with Gasteiger partial charge in [0.15, 0.2) is 0 Å². The summed E-state index contributed by atoms with van der Waals surface area (Å²) in [6.07, 6.45) is 3.48. The number of ketones is 1. The Hall–Kier alpha value is -0.590. The maximum absolute atomic E-state index is 10.9. The molecule has 1 aliphatic rings. The van der Waals surface area contributed by atoms with Gasteiger partial charge in [0.25, 0.3) is 0 Å². The topological polar surface area (TPSA) is 17.1 Å². The third kappa shape index (κ3) is 1.47. The zero-order valence-corrected chi connectivity index (χ0v) is 6.52. The van der Waals surface area contributed by atoms with E-state index < -0.39 is 0 Å². The van der Waals surface area contributed by atoms with Crippen molar-refractivity contribution in [2.24, 2.45) is 5.92 Å². The van der Waals surface area contributed by atoms with Gasteiger partial charge in [-0.05, 0) is 18.8 Å². The van der Waals surface area contributed by atoms with Gasteiger partial charge in [-0.1, -0.05) is 19.1 Å². The monoisotopic (exact) mass is 138 g/mol. The molecule has 10 heavy (non-hydrogen) atoms. The third-order valence-corrected chi connectivity index (χ3v) is 2.27. The fourth-order valence-electron chi connectivity index (χ4n) is 1.46. The molecule has 0 heterocycles. The minimum absolute atomic E-state index is 0.416. The Labute approximate surface area is 62.1 Å². The molecule has 1 unspecified atom stereocenters. The molecule has 56 valence electrons. The van der Waals surface area contributed by atoms with Crippen molar-refractivity contribution >= 4 is 5.78 Å². The zero-order valence-electron chi connectivity index (χ0n) is 6.52. The molecule has 0 bridgehead atoms. The van der Waals surface area contributed by atoms with Gasteiger partial charge in [-0.25, -0.2) is 0 Å². The Balaban J connectivity index is 2.53. The fraction of sp³-hybridized carbons (Fsp3) is 0.667. The Morgan fingerprint density at radius 2 is 2.30 bits per heavy atom. The maximum atomic E-state index is 10.9. The Bertz CT molecular complexity index is 158. The second-order valence-electron chi connectivity index (χ2n) is 3.01. The first-order valence-electron chi connectivity index (χ1n) is 3.93. The summed E-state index contributed by atoms with van der Waals surface area (Å²) in [7, 11) is 0. The highest BCUT2D eigenvalue weighted by Crippen LogP contribution is 2.27. The van der Waals surface area contributed by atoms with E-state index in [0.29, 0.717) is 11.7 Å². The van der Waals surface area contributed by atoms with E-state index in [-0.39, 0.29) is 0 Å². The predicted molar refractivity (Wildman–Crippen MR) is 41.8 cm³/mol. The molecule has 1 rings (SSSR count). The lowest BCUT2D eigenvalue weighted by atomic mass is 9.83. The average molecular weight is 138 g/mol. The zero-order chi connectivity index (χ0) is 7.56. The smallest absolute Gasteiger partial charge is 0.133 e. The van der Waals surface area contributed by atoms with Crippen LogP contribution < -0.4 is 0 Å². The summed E-state index contributed by atoms with van der Waals surface area (Å²) < 4.78 is 0. The molecule has 1 aliphatic carbocycles. The molecule has 0 amide bonds. The molecule has 0 N–H and O–H groups in total. The van der Waals surface area contributed by atoms with Crippen LogP contribution in [0, 0.1) is 5.92 Å². The van der Waals surface area contributed by atoms with Crippen molar-refractivity contribution in [2.75, 3.05) is 0 Å². The summed E-state index contributed by atoms with van der Waals surface area (Å²) >= 11 is 0. The molecule has 1 atom stereocenters. The van der Waals surface area contributed by atoms with Gasteiger partial charge in [-0.2, -0.15) is 0 Å². The van der Waals surface area contributed by atoms with E-state index in [1.54, 1.807) is 0 Å². The van der Waals surface area contributed by atoms with Crippen molar-refractivity contribution in [3.63, 3.8) is 0 Å². The summed E-state index contributed by atoms with van der Waals surface area (Å²) in [5.41, 5.74) is 1.28. The van der Waals surface area contributed by atoms with E-state index >= 15 is 0 Å². The van der Waals surface area contributed by atoms with Crippen LogP contribution in [0.25, 0.3) is 0 Å². The van der Waals surface area contributed by atoms with Gasteiger partial charge in [0.1, 0.15) is 5.78 Å². The minimum atomic E-state index is 0.416. The van der Waals surface area contributed by atoms with Crippen molar-refractivity contribution in [3.05, 3.63) is 12.2 Å². The van der Waals surface area contributed by atoms with Crippen LogP contribution in [0.3, 0.4) is 0 Å². The third-order valence-electron chi connectivity index (χ3n) is 2.27. The largest absolute Gasteiger partial charge is 0.300 e. The number of carbonyl (C=O) groups is 1. The van der Waals surface area contributed by atoms with Gasteiger partial charge in [0, 0.05) is 12.8 Å². The van der Waals surface area contributed by atoms with Crippen molar-refractivity contribution in [1.82, 2.24) is 0 Å². The second-order valence-corrected chi connectivity index (χ2v) is 3.01. The molecule has 1 saturated carbocycles. The Kier molecular flexibility index (Phi) is 2.25. The van der Waals surface area contributed by atoms with Gasteiger partial charge in [-0.15, -0.1) is 0 Å². The van der Waals surface area contributed by atoms with Crippen LogP contribution in [0.4, 0.5) is 0 Å². The van der Waals surface area contributed by atoms with Crippen molar-refractivity contribution in [3.8, 4) is 0 Å². The first-order chi connectivity index (χ1) is 4.74. The quantitative estimate of drug-likeness (QED) is 0.508. The molecule has 0 aliphatic heterocycles. The summed E-state index contributed by atoms with van der Waals surface area (Å²) in [6.45, 7) is 6.07. The van der Waals surface area contributed by atoms with Gasteiger partial charge in [0.05, 0.1) is 0 Å². The molecule has 0 aromatic heterocycles. The van der Waals surface area contributed by atoms with E-state index in [0.717, 1.165) is 25.7 Å². The second kappa shape index (κ2) is 3.00. The molecule has 1 heteroatoms. The average Bonchev–Trinajstić information content (AvgIpc) is 1.94. The Morgan fingerprint density at radius 1 is 1.60 bits per heavy atom. The van der Waals surface area contributed by atoms with Crippen molar-refractivity contribution in [1.29, 1.82) is 0 Å². The van der Waals surface area contributed by atoms with E-state index in [1.165, 1.54) is 5.57 Å². The van der Waals surface area contributed by atoms with Crippen LogP contribution >= 0.6 is 0 Å². The molecule has 0 radical (unpaired) electrons. The lowest BCUT2D eigenvalue weighted by Crippen LogP contribution is -2.16. The SMILES string of the molecule is C=C1CCC(=O)CC1CC. The predicted octanol–water partition coefficient (Wildman–Crippen LogP) is 2.32. The standard InChI is InChI=1S/C9H14O/c1-3-8-6-9(10)5-4-7(8)2/h8H,2-6H2,1H3. The molecule has 0 aromatic rings. The molecule has 1 fully saturated rings. The first-order valence-corrected chi connectivity index (χ1v) is 3.93. The minimum Gasteiger partial charge on any atom is -0.300 e.